The van der Waals surface area contributed by atoms with Gasteiger partial charge in [-0.05, 0) is 25.1 Å². The summed E-state index contributed by atoms with van der Waals surface area (Å²) in [6.45, 7) is 1.05. The van der Waals surface area contributed by atoms with Crippen LogP contribution in [0.25, 0.3) is 0 Å². The Morgan fingerprint density at radius 1 is 1.33 bits per heavy atom. The topological polar surface area (TPSA) is 34.1 Å². The second-order valence-corrected chi connectivity index (χ2v) is 4.73. The number of carbonyl (C=O) groups is 2. The Morgan fingerprint density at radius 3 is 2.47 bits per heavy atom. The van der Waals surface area contributed by atoms with Crippen LogP contribution in [0.2, 0.25) is 0 Å². The predicted molar refractivity (Wildman–Crippen MR) is 61.7 cm³/mol. The van der Waals surface area contributed by atoms with Crippen molar-refractivity contribution in [2.45, 2.75) is 13.1 Å². The van der Waals surface area contributed by atoms with E-state index in [4.69, 9.17) is 0 Å². The van der Waals surface area contributed by atoms with Crippen molar-refractivity contribution < 1.29 is 14.0 Å². The number of halogens is 3. The summed E-state index contributed by atoms with van der Waals surface area (Å²) in [7, 11) is 0. The molecule has 0 amide bonds. The van der Waals surface area contributed by atoms with Gasteiger partial charge < -0.3 is 0 Å². The van der Waals surface area contributed by atoms with E-state index >= 15 is 0 Å². The van der Waals surface area contributed by atoms with Gasteiger partial charge in [0.1, 0.15) is 0 Å². The van der Waals surface area contributed by atoms with E-state index in [1.165, 1.54) is 6.07 Å². The van der Waals surface area contributed by atoms with Gasteiger partial charge in [0.15, 0.2) is 5.78 Å². The molecule has 15 heavy (non-hydrogen) atoms. The highest BCUT2D eigenvalue weighted by atomic mass is 79.9. The summed E-state index contributed by atoms with van der Waals surface area (Å²) in [6.07, 6.45) is -2.09. The molecule has 0 aliphatic rings. The zero-order chi connectivity index (χ0) is 11.6. The van der Waals surface area contributed by atoms with E-state index in [0.29, 0.717) is 8.95 Å². The minimum Gasteiger partial charge on any atom is -0.296 e. The van der Waals surface area contributed by atoms with Gasteiger partial charge in [-0.2, -0.15) is 0 Å². The number of alkyl halides is 1. The van der Waals surface area contributed by atoms with Crippen molar-refractivity contribution in [2.75, 3.05) is 0 Å². The molecule has 0 aromatic heterocycles. The first-order chi connectivity index (χ1) is 6.93. The molecule has 5 heteroatoms. The lowest BCUT2D eigenvalue weighted by molar-refractivity contribution is -0.120. The predicted octanol–water partition coefficient (Wildman–Crippen LogP) is 3.32. The molecule has 0 radical (unpaired) electrons. The van der Waals surface area contributed by atoms with Crippen molar-refractivity contribution in [2.24, 2.45) is 0 Å². The van der Waals surface area contributed by atoms with Gasteiger partial charge in [0.25, 0.3) is 0 Å². The Balaban J connectivity index is 3.11. The average molecular weight is 338 g/mol. The van der Waals surface area contributed by atoms with Crippen LogP contribution >= 0.6 is 31.9 Å². The Bertz CT molecular complexity index is 418. The summed E-state index contributed by atoms with van der Waals surface area (Å²) in [5.41, 5.74) is 0.159. The van der Waals surface area contributed by atoms with Crippen molar-refractivity contribution in [3.05, 3.63) is 32.7 Å². The second-order valence-electron chi connectivity index (χ2n) is 2.96. The molecular weight excluding hydrogens is 331 g/mol. The van der Waals surface area contributed by atoms with Gasteiger partial charge in [0, 0.05) is 14.5 Å². The minimum atomic E-state index is -2.09. The molecule has 2 nitrogen and oxygen atoms in total. The highest BCUT2D eigenvalue weighted by Gasteiger charge is 2.25. The average Bonchev–Trinajstić information content (AvgIpc) is 2.19. The van der Waals surface area contributed by atoms with Crippen LogP contribution in [0.1, 0.15) is 17.3 Å². The van der Waals surface area contributed by atoms with Gasteiger partial charge in [0.05, 0.1) is 0 Å². The van der Waals surface area contributed by atoms with Gasteiger partial charge >= 0.3 is 0 Å². The fraction of sp³-hybridized carbons (Fsp3) is 0.200. The molecule has 1 aromatic carbocycles. The highest BCUT2D eigenvalue weighted by Crippen LogP contribution is 2.23. The Kier molecular flexibility index (Phi) is 4.16. The molecule has 0 spiro atoms. The van der Waals surface area contributed by atoms with Crippen molar-refractivity contribution >= 4 is 43.4 Å². The number of ketones is 2. The fourth-order valence-electron chi connectivity index (χ4n) is 1.01. The summed E-state index contributed by atoms with van der Waals surface area (Å²) in [5, 5.41) is 0. The van der Waals surface area contributed by atoms with Gasteiger partial charge in [-0.3, -0.25) is 9.59 Å². The first-order valence-electron chi connectivity index (χ1n) is 4.07. The van der Waals surface area contributed by atoms with E-state index in [9.17, 15) is 14.0 Å². The lowest BCUT2D eigenvalue weighted by atomic mass is 10.1. The van der Waals surface area contributed by atoms with E-state index < -0.39 is 17.7 Å². The standard InChI is InChI=1S/C10H7Br2FO2/c1-5(14)9(13)10(15)7-4-6(11)2-3-8(7)12/h2-4,9H,1H3. The smallest absolute Gasteiger partial charge is 0.220 e. The van der Waals surface area contributed by atoms with E-state index in [1.807, 2.05) is 0 Å². The first kappa shape index (κ1) is 12.5. The zero-order valence-corrected chi connectivity index (χ0v) is 10.9. The van der Waals surface area contributed by atoms with E-state index in [1.54, 1.807) is 12.1 Å². The van der Waals surface area contributed by atoms with Gasteiger partial charge in [-0.1, -0.05) is 31.9 Å². The van der Waals surface area contributed by atoms with Crippen LogP contribution in [0.5, 0.6) is 0 Å². The number of carbonyl (C=O) groups excluding carboxylic acids is 2. The van der Waals surface area contributed by atoms with E-state index in [0.717, 1.165) is 6.92 Å². The molecule has 1 atom stereocenters. The summed E-state index contributed by atoms with van der Waals surface area (Å²) in [5.74, 6) is -1.61. The third-order valence-electron chi connectivity index (χ3n) is 1.78. The Morgan fingerprint density at radius 2 is 1.93 bits per heavy atom. The minimum absolute atomic E-state index is 0.159. The maximum atomic E-state index is 13.2. The quantitative estimate of drug-likeness (QED) is 0.626. The van der Waals surface area contributed by atoms with Gasteiger partial charge in [-0.25, -0.2) is 4.39 Å². The van der Waals surface area contributed by atoms with Crippen molar-refractivity contribution in [3.8, 4) is 0 Å². The molecule has 0 aliphatic heterocycles. The molecule has 1 unspecified atom stereocenters. The Labute approximate surface area is 103 Å². The number of benzene rings is 1. The largest absolute Gasteiger partial charge is 0.296 e. The van der Waals surface area contributed by atoms with Crippen molar-refractivity contribution in [3.63, 3.8) is 0 Å². The molecular formula is C10H7Br2FO2. The third-order valence-corrected chi connectivity index (χ3v) is 2.97. The summed E-state index contributed by atoms with van der Waals surface area (Å²) < 4.78 is 14.3. The fourth-order valence-corrected chi connectivity index (χ4v) is 1.81. The van der Waals surface area contributed by atoms with Crippen LogP contribution in [0.4, 0.5) is 4.39 Å². The zero-order valence-electron chi connectivity index (χ0n) is 7.76. The maximum absolute atomic E-state index is 13.2. The molecule has 1 rings (SSSR count). The van der Waals surface area contributed by atoms with Crippen LogP contribution in [0, 0.1) is 0 Å². The lowest BCUT2D eigenvalue weighted by Gasteiger charge is -2.06. The summed E-state index contributed by atoms with van der Waals surface area (Å²) in [6, 6.07) is 4.80. The van der Waals surface area contributed by atoms with Gasteiger partial charge in [0.2, 0.25) is 12.0 Å². The van der Waals surface area contributed by atoms with Crippen LogP contribution < -0.4 is 0 Å². The molecule has 0 saturated carbocycles. The van der Waals surface area contributed by atoms with Crippen LogP contribution in [-0.4, -0.2) is 17.7 Å². The molecule has 0 fully saturated rings. The molecule has 0 aliphatic carbocycles. The van der Waals surface area contributed by atoms with Crippen LogP contribution in [0.15, 0.2) is 27.1 Å². The molecule has 0 N–H and O–H groups in total. The third kappa shape index (κ3) is 2.95. The van der Waals surface area contributed by atoms with E-state index in [-0.39, 0.29) is 5.56 Å². The normalized spacial score (nSPS) is 12.3. The molecule has 80 valence electrons. The number of Topliss-reactive ketones (excluding diaryl/α,β-unsaturated/α-hetero) is 2. The Hall–Kier alpha value is -0.550. The highest BCUT2D eigenvalue weighted by molar-refractivity contribution is 9.11. The number of hydrogen-bond acceptors (Lipinski definition) is 2. The second kappa shape index (κ2) is 4.99. The summed E-state index contributed by atoms with van der Waals surface area (Å²) >= 11 is 6.30. The van der Waals surface area contributed by atoms with Crippen molar-refractivity contribution in [1.82, 2.24) is 0 Å². The van der Waals surface area contributed by atoms with E-state index in [2.05, 4.69) is 31.9 Å². The van der Waals surface area contributed by atoms with Gasteiger partial charge in [-0.15, -0.1) is 0 Å². The summed E-state index contributed by atoms with van der Waals surface area (Å²) in [4.78, 5) is 22.2. The molecule has 0 saturated heterocycles. The van der Waals surface area contributed by atoms with Crippen LogP contribution in [0.3, 0.4) is 0 Å². The number of hydrogen-bond donors (Lipinski definition) is 0. The number of rotatable bonds is 3. The van der Waals surface area contributed by atoms with Crippen LogP contribution in [-0.2, 0) is 4.79 Å². The molecule has 0 bridgehead atoms. The first-order valence-corrected chi connectivity index (χ1v) is 5.66. The lowest BCUT2D eigenvalue weighted by Crippen LogP contribution is -2.23. The monoisotopic (exact) mass is 336 g/mol. The molecule has 0 heterocycles. The SMILES string of the molecule is CC(=O)C(F)C(=O)c1cc(Br)ccc1Br. The van der Waals surface area contributed by atoms with Crippen molar-refractivity contribution in [1.29, 1.82) is 0 Å². The maximum Gasteiger partial charge on any atom is 0.220 e. The molecule has 1 aromatic rings.